The fourth-order valence-corrected chi connectivity index (χ4v) is 1.72. The third-order valence-corrected chi connectivity index (χ3v) is 2.79. The van der Waals surface area contributed by atoms with Gasteiger partial charge in [0.15, 0.2) is 0 Å². The molecular formula is C14H15NO2. The molecule has 0 spiro atoms. The van der Waals surface area contributed by atoms with E-state index in [4.69, 9.17) is 10.4 Å². The Labute approximate surface area is 100 Å². The maximum Gasteiger partial charge on any atom is 0.0943 e. The highest BCUT2D eigenvalue weighted by atomic mass is 16.8. The summed E-state index contributed by atoms with van der Waals surface area (Å²) >= 11 is 0. The molecule has 0 heterocycles. The number of hydrogen-bond donors (Lipinski definition) is 2. The van der Waals surface area contributed by atoms with Gasteiger partial charge in [-0.25, -0.2) is 0 Å². The highest BCUT2D eigenvalue weighted by Gasteiger charge is 2.01. The van der Waals surface area contributed by atoms with Crippen molar-refractivity contribution in [3.05, 3.63) is 54.1 Å². The first-order valence-electron chi connectivity index (χ1n) is 5.58. The minimum absolute atomic E-state index is 0.115. The van der Waals surface area contributed by atoms with E-state index in [1.165, 1.54) is 5.56 Å². The van der Waals surface area contributed by atoms with Crippen LogP contribution >= 0.6 is 0 Å². The molecule has 0 aromatic heterocycles. The van der Waals surface area contributed by atoms with E-state index < -0.39 is 0 Å². The molecule has 0 atom stereocenters. The van der Waals surface area contributed by atoms with Crippen molar-refractivity contribution >= 4 is 5.69 Å². The van der Waals surface area contributed by atoms with Crippen molar-refractivity contribution in [3.63, 3.8) is 0 Å². The summed E-state index contributed by atoms with van der Waals surface area (Å²) in [6.07, 6.45) is 1.03. The number of rotatable bonds is 3. The second-order valence-corrected chi connectivity index (χ2v) is 3.89. The normalized spacial score (nSPS) is 10.3. The summed E-state index contributed by atoms with van der Waals surface area (Å²) in [4.78, 5) is 0. The number of aryl methyl sites for hydroxylation is 1. The van der Waals surface area contributed by atoms with Crippen molar-refractivity contribution in [1.29, 1.82) is 0 Å². The predicted octanol–water partition coefficient (Wildman–Crippen LogP) is 3.50. The molecule has 0 aliphatic carbocycles. The van der Waals surface area contributed by atoms with E-state index in [0.29, 0.717) is 5.69 Å². The Bertz CT molecular complexity index is 475. The zero-order valence-corrected chi connectivity index (χ0v) is 9.67. The highest BCUT2D eigenvalue weighted by Crippen LogP contribution is 2.22. The van der Waals surface area contributed by atoms with Gasteiger partial charge in [-0.1, -0.05) is 43.3 Å². The Morgan fingerprint density at radius 1 is 0.824 bits per heavy atom. The molecule has 0 radical (unpaired) electrons. The van der Waals surface area contributed by atoms with Crippen LogP contribution in [0.2, 0.25) is 0 Å². The van der Waals surface area contributed by atoms with Gasteiger partial charge in [-0.2, -0.15) is 0 Å². The van der Waals surface area contributed by atoms with Crippen LogP contribution in [-0.4, -0.2) is 10.4 Å². The van der Waals surface area contributed by atoms with Gasteiger partial charge in [-0.05, 0) is 35.2 Å². The van der Waals surface area contributed by atoms with Crippen LogP contribution in [0.5, 0.6) is 0 Å². The van der Waals surface area contributed by atoms with Crippen LogP contribution < -0.4 is 5.23 Å². The van der Waals surface area contributed by atoms with Gasteiger partial charge in [-0.15, -0.1) is 5.23 Å². The van der Waals surface area contributed by atoms with Crippen molar-refractivity contribution in [2.75, 3.05) is 5.23 Å². The van der Waals surface area contributed by atoms with Crippen LogP contribution in [0.25, 0.3) is 11.1 Å². The summed E-state index contributed by atoms with van der Waals surface area (Å²) in [7, 11) is 0. The molecule has 2 aromatic rings. The van der Waals surface area contributed by atoms with E-state index in [2.05, 4.69) is 31.2 Å². The summed E-state index contributed by atoms with van der Waals surface area (Å²) in [6, 6.07) is 15.4. The average molecular weight is 229 g/mol. The Kier molecular flexibility index (Phi) is 3.42. The Morgan fingerprint density at radius 2 is 1.29 bits per heavy atom. The first-order chi connectivity index (χ1) is 8.20. The molecule has 0 saturated heterocycles. The monoisotopic (exact) mass is 229 g/mol. The molecule has 0 amide bonds. The van der Waals surface area contributed by atoms with E-state index in [1.807, 2.05) is 12.1 Å². The minimum Gasteiger partial charge on any atom is -0.264 e. The molecule has 17 heavy (non-hydrogen) atoms. The fourth-order valence-electron chi connectivity index (χ4n) is 1.72. The van der Waals surface area contributed by atoms with E-state index in [0.717, 1.165) is 17.5 Å². The Balaban J connectivity index is 2.26. The molecule has 0 aliphatic heterocycles. The van der Waals surface area contributed by atoms with E-state index in [-0.39, 0.29) is 5.23 Å². The molecule has 0 saturated carbocycles. The van der Waals surface area contributed by atoms with Gasteiger partial charge in [0.2, 0.25) is 0 Å². The van der Waals surface area contributed by atoms with Crippen LogP contribution in [0.4, 0.5) is 5.69 Å². The molecule has 0 bridgehead atoms. The lowest BCUT2D eigenvalue weighted by Crippen LogP contribution is -2.10. The van der Waals surface area contributed by atoms with Crippen LogP contribution in [0.1, 0.15) is 12.5 Å². The first kappa shape index (κ1) is 11.6. The minimum atomic E-state index is 0.115. The van der Waals surface area contributed by atoms with Crippen LogP contribution in [0.3, 0.4) is 0 Å². The topological polar surface area (TPSA) is 43.7 Å². The van der Waals surface area contributed by atoms with Crippen LogP contribution in [0.15, 0.2) is 48.5 Å². The lowest BCUT2D eigenvalue weighted by molar-refractivity contribution is 0.0292. The van der Waals surface area contributed by atoms with Crippen molar-refractivity contribution in [2.45, 2.75) is 13.3 Å². The zero-order valence-electron chi connectivity index (χ0n) is 9.67. The second kappa shape index (κ2) is 4.99. The smallest absolute Gasteiger partial charge is 0.0943 e. The van der Waals surface area contributed by atoms with Crippen molar-refractivity contribution in [3.8, 4) is 11.1 Å². The maximum atomic E-state index is 8.84. The Morgan fingerprint density at radius 3 is 1.71 bits per heavy atom. The molecule has 2 N–H and O–H groups in total. The second-order valence-electron chi connectivity index (χ2n) is 3.89. The average Bonchev–Trinajstić information content (AvgIpc) is 2.39. The van der Waals surface area contributed by atoms with Crippen molar-refractivity contribution in [2.24, 2.45) is 0 Å². The van der Waals surface area contributed by atoms with Crippen molar-refractivity contribution in [1.82, 2.24) is 0 Å². The highest BCUT2D eigenvalue weighted by molar-refractivity contribution is 5.66. The fraction of sp³-hybridized carbons (Fsp3) is 0.143. The quantitative estimate of drug-likeness (QED) is 0.792. The molecule has 0 fully saturated rings. The first-order valence-corrected chi connectivity index (χ1v) is 5.58. The molecule has 88 valence electrons. The standard InChI is InChI=1S/C14H15NO2/c1-2-11-3-5-12(6-4-11)13-7-9-14(10-8-13)15(16)17/h3-10,16-17H,2H2,1H3. The number of benzene rings is 2. The van der Waals surface area contributed by atoms with E-state index >= 15 is 0 Å². The molecule has 0 unspecified atom stereocenters. The Hall–Kier alpha value is -1.84. The molecule has 0 aliphatic rings. The van der Waals surface area contributed by atoms with Crippen LogP contribution in [-0.2, 0) is 6.42 Å². The largest absolute Gasteiger partial charge is 0.264 e. The summed E-state index contributed by atoms with van der Waals surface area (Å²) in [5.74, 6) is 0. The van der Waals surface area contributed by atoms with Gasteiger partial charge in [0, 0.05) is 0 Å². The van der Waals surface area contributed by atoms with E-state index in [9.17, 15) is 0 Å². The third kappa shape index (κ3) is 2.64. The van der Waals surface area contributed by atoms with Gasteiger partial charge in [0.25, 0.3) is 0 Å². The molecule has 3 nitrogen and oxygen atoms in total. The third-order valence-electron chi connectivity index (χ3n) is 2.79. The number of hydrogen-bond acceptors (Lipinski definition) is 3. The van der Waals surface area contributed by atoms with Gasteiger partial charge >= 0.3 is 0 Å². The summed E-state index contributed by atoms with van der Waals surface area (Å²) in [5.41, 5.74) is 3.83. The lowest BCUT2D eigenvalue weighted by Gasteiger charge is -2.08. The SMILES string of the molecule is CCc1ccc(-c2ccc(N(O)O)cc2)cc1. The molecular weight excluding hydrogens is 214 g/mol. The summed E-state index contributed by atoms with van der Waals surface area (Å²) in [6.45, 7) is 2.13. The number of anilines is 1. The van der Waals surface area contributed by atoms with Gasteiger partial charge in [-0.3, -0.25) is 10.4 Å². The molecule has 2 rings (SSSR count). The van der Waals surface area contributed by atoms with Gasteiger partial charge in [0.05, 0.1) is 5.69 Å². The van der Waals surface area contributed by atoms with E-state index in [1.54, 1.807) is 12.1 Å². The zero-order chi connectivity index (χ0) is 12.3. The molecule has 3 heteroatoms. The van der Waals surface area contributed by atoms with Crippen molar-refractivity contribution < 1.29 is 10.4 Å². The van der Waals surface area contributed by atoms with Crippen LogP contribution in [0, 0.1) is 0 Å². The molecule has 2 aromatic carbocycles. The summed E-state index contributed by atoms with van der Waals surface area (Å²) < 4.78 is 0. The number of nitrogens with zero attached hydrogens (tertiary/aromatic N) is 1. The lowest BCUT2D eigenvalue weighted by atomic mass is 10.0. The summed E-state index contributed by atoms with van der Waals surface area (Å²) in [5, 5.41) is 17.8. The predicted molar refractivity (Wildman–Crippen MR) is 67.3 cm³/mol. The van der Waals surface area contributed by atoms with Gasteiger partial charge in [0.1, 0.15) is 0 Å². The van der Waals surface area contributed by atoms with Gasteiger partial charge < -0.3 is 0 Å². The maximum absolute atomic E-state index is 8.84.